The van der Waals surface area contributed by atoms with Crippen molar-refractivity contribution in [2.45, 2.75) is 49.3 Å². The van der Waals surface area contributed by atoms with E-state index >= 15 is 0 Å². The lowest BCUT2D eigenvalue weighted by Gasteiger charge is -2.18. The Kier molecular flexibility index (Phi) is 10.8. The van der Waals surface area contributed by atoms with Gasteiger partial charge in [-0.05, 0) is 78.7 Å². The lowest BCUT2D eigenvalue weighted by atomic mass is 9.99. The Bertz CT molecular complexity index is 1480. The zero-order chi connectivity index (χ0) is 31.0. The molecule has 0 aromatic heterocycles. The van der Waals surface area contributed by atoms with E-state index in [1.807, 2.05) is 18.2 Å². The molecule has 0 amide bonds. The molecular weight excluding hydrogens is 583 g/mol. The van der Waals surface area contributed by atoms with Gasteiger partial charge in [0.05, 0.1) is 7.11 Å². The number of benzene rings is 3. The van der Waals surface area contributed by atoms with Gasteiger partial charge in [-0.15, -0.1) is 0 Å². The van der Waals surface area contributed by atoms with Gasteiger partial charge in [0.15, 0.2) is 0 Å². The minimum Gasteiger partial charge on any atom is -0.495 e. The number of likely N-dealkylation sites (tertiary alicyclic amines) is 1. The number of rotatable bonds is 10. The molecule has 3 aromatic rings. The summed E-state index contributed by atoms with van der Waals surface area (Å²) in [5.74, 6) is -2.40. The van der Waals surface area contributed by atoms with Gasteiger partial charge < -0.3 is 20.1 Å². The summed E-state index contributed by atoms with van der Waals surface area (Å²) in [6, 6.07) is 22.7. The summed E-state index contributed by atoms with van der Waals surface area (Å²) in [5, 5.41) is 10.8. The molecule has 1 heterocycles. The predicted octanol–water partition coefficient (Wildman–Crippen LogP) is 4.63. The van der Waals surface area contributed by atoms with Crippen LogP contribution < -0.4 is 14.8 Å². The van der Waals surface area contributed by atoms with Crippen LogP contribution >= 0.6 is 0 Å². The van der Waals surface area contributed by atoms with Crippen LogP contribution in [0.4, 0.5) is 13.2 Å². The summed E-state index contributed by atoms with van der Waals surface area (Å²) >= 11 is 0. The van der Waals surface area contributed by atoms with E-state index in [1.54, 1.807) is 12.1 Å². The maximum atomic E-state index is 13.2. The summed E-state index contributed by atoms with van der Waals surface area (Å²) < 4.78 is 66.4. The third-order valence-corrected chi connectivity index (χ3v) is 9.06. The van der Waals surface area contributed by atoms with E-state index in [0.29, 0.717) is 18.3 Å². The van der Waals surface area contributed by atoms with Crippen LogP contribution in [0.15, 0.2) is 71.6 Å². The van der Waals surface area contributed by atoms with E-state index in [1.165, 1.54) is 31.1 Å². The Morgan fingerprint density at radius 1 is 1.00 bits per heavy atom. The monoisotopic (exact) mass is 619 g/mol. The van der Waals surface area contributed by atoms with Crippen LogP contribution in [-0.4, -0.2) is 69.9 Å². The second-order valence-electron chi connectivity index (χ2n) is 10.5. The molecule has 3 N–H and O–H groups in total. The number of carboxylic acids is 1. The normalized spacial score (nSPS) is 15.5. The first kappa shape index (κ1) is 32.5. The zero-order valence-corrected chi connectivity index (χ0v) is 24.7. The van der Waals surface area contributed by atoms with Gasteiger partial charge in [-0.25, -0.2) is 17.9 Å². The predicted molar refractivity (Wildman–Crippen MR) is 157 cm³/mol. The summed E-state index contributed by atoms with van der Waals surface area (Å²) in [6.07, 6.45) is -0.645. The molecule has 0 bridgehead atoms. The summed E-state index contributed by atoms with van der Waals surface area (Å²) in [5.41, 5.74) is 5.87. The highest BCUT2D eigenvalue weighted by Gasteiger charge is 2.38. The standard InChI is InChI=1S/C29H35N3O3S.C2HF3O2/c1-35-28-13-12-24(20-29(28)36(33,34)31-14-17-32-15-6-7-16-32)27-11-5-4-10-25(27)21-30-26-18-22-8-2-3-9-23(22)19-26;3-2(4,5)1(6)7/h2-5,8-13,20,26,30-31H,6-7,14-19,21H2,1H3;(H,6,7). The number of halogens is 3. The fourth-order valence-electron chi connectivity index (χ4n) is 5.39. The molecule has 0 atom stereocenters. The van der Waals surface area contributed by atoms with Crippen molar-refractivity contribution in [2.24, 2.45) is 0 Å². The van der Waals surface area contributed by atoms with Crippen molar-refractivity contribution in [3.8, 4) is 16.9 Å². The highest BCUT2D eigenvalue weighted by molar-refractivity contribution is 7.89. The molecule has 0 radical (unpaired) electrons. The molecule has 1 fully saturated rings. The van der Waals surface area contributed by atoms with Gasteiger partial charge in [0.25, 0.3) is 0 Å². The Morgan fingerprint density at radius 2 is 1.60 bits per heavy atom. The number of ether oxygens (including phenoxy) is 1. The van der Waals surface area contributed by atoms with E-state index < -0.39 is 22.2 Å². The average molecular weight is 620 g/mol. The van der Waals surface area contributed by atoms with Crippen LogP contribution in [0.5, 0.6) is 5.75 Å². The number of sulfonamides is 1. The van der Waals surface area contributed by atoms with Gasteiger partial charge in [-0.3, -0.25) is 0 Å². The number of carboxylic acid groups (broad SMARTS) is 1. The first-order valence-electron chi connectivity index (χ1n) is 14.1. The maximum Gasteiger partial charge on any atom is 0.490 e. The third-order valence-electron chi connectivity index (χ3n) is 7.58. The van der Waals surface area contributed by atoms with E-state index in [0.717, 1.165) is 55.7 Å². The van der Waals surface area contributed by atoms with Crippen LogP contribution in [0, 0.1) is 0 Å². The van der Waals surface area contributed by atoms with Gasteiger partial charge in [0, 0.05) is 25.7 Å². The zero-order valence-electron chi connectivity index (χ0n) is 23.9. The Labute approximate surface area is 249 Å². The van der Waals surface area contributed by atoms with Gasteiger partial charge in [0.2, 0.25) is 10.0 Å². The number of hydrogen-bond donors (Lipinski definition) is 3. The van der Waals surface area contributed by atoms with Crippen molar-refractivity contribution in [3.05, 3.63) is 83.4 Å². The second kappa shape index (κ2) is 14.3. The number of nitrogens with zero attached hydrogens (tertiary/aromatic N) is 1. The smallest absolute Gasteiger partial charge is 0.490 e. The SMILES string of the molecule is COc1ccc(-c2ccccc2CNC2Cc3ccccc3C2)cc1S(=O)(=O)NCCN1CCCC1.O=C(O)C(F)(F)F. The third kappa shape index (κ3) is 8.79. The molecular formula is C31H36F3N3O5S. The largest absolute Gasteiger partial charge is 0.495 e. The fraction of sp³-hybridized carbons (Fsp3) is 0.387. The molecule has 0 saturated carbocycles. The Balaban J connectivity index is 0.000000541. The van der Waals surface area contributed by atoms with Gasteiger partial charge >= 0.3 is 12.1 Å². The van der Waals surface area contributed by atoms with Crippen LogP contribution in [0.1, 0.15) is 29.5 Å². The number of carbonyl (C=O) groups is 1. The highest BCUT2D eigenvalue weighted by Crippen LogP contribution is 2.32. The van der Waals surface area contributed by atoms with E-state index in [4.69, 9.17) is 14.6 Å². The number of fused-ring (bicyclic) bond motifs is 1. The van der Waals surface area contributed by atoms with Crippen LogP contribution in [0.3, 0.4) is 0 Å². The van der Waals surface area contributed by atoms with Gasteiger partial charge in [0.1, 0.15) is 10.6 Å². The Morgan fingerprint density at radius 3 is 2.21 bits per heavy atom. The molecule has 232 valence electrons. The van der Waals surface area contributed by atoms with Crippen molar-refractivity contribution < 1.29 is 36.2 Å². The average Bonchev–Trinajstić information content (AvgIpc) is 3.65. The van der Waals surface area contributed by atoms with Crippen molar-refractivity contribution in [2.75, 3.05) is 33.3 Å². The van der Waals surface area contributed by atoms with Crippen LogP contribution in [-0.2, 0) is 34.2 Å². The molecule has 43 heavy (non-hydrogen) atoms. The molecule has 5 rings (SSSR count). The lowest BCUT2D eigenvalue weighted by molar-refractivity contribution is -0.192. The number of hydrogen-bond acceptors (Lipinski definition) is 6. The highest BCUT2D eigenvalue weighted by atomic mass is 32.2. The number of nitrogens with one attached hydrogen (secondary N) is 2. The minimum atomic E-state index is -5.08. The lowest BCUT2D eigenvalue weighted by Crippen LogP contribution is -2.33. The minimum absolute atomic E-state index is 0.179. The molecule has 0 spiro atoms. The van der Waals surface area contributed by atoms with Crippen molar-refractivity contribution in [3.63, 3.8) is 0 Å². The van der Waals surface area contributed by atoms with E-state index in [-0.39, 0.29) is 4.90 Å². The molecule has 12 heteroatoms. The van der Waals surface area contributed by atoms with Crippen molar-refractivity contribution in [1.82, 2.24) is 14.9 Å². The van der Waals surface area contributed by atoms with Crippen LogP contribution in [0.2, 0.25) is 0 Å². The Hall–Kier alpha value is -3.45. The molecule has 2 aliphatic rings. The summed E-state index contributed by atoms with van der Waals surface area (Å²) in [7, 11) is -2.20. The molecule has 1 aliphatic heterocycles. The first-order chi connectivity index (χ1) is 20.5. The van der Waals surface area contributed by atoms with Crippen molar-refractivity contribution in [1.29, 1.82) is 0 Å². The van der Waals surface area contributed by atoms with Gasteiger partial charge in [-0.2, -0.15) is 13.2 Å². The number of methoxy groups -OCH3 is 1. The number of aliphatic carboxylic acids is 1. The molecule has 3 aromatic carbocycles. The first-order valence-corrected chi connectivity index (χ1v) is 15.5. The molecule has 8 nitrogen and oxygen atoms in total. The van der Waals surface area contributed by atoms with E-state index in [9.17, 15) is 21.6 Å². The van der Waals surface area contributed by atoms with Gasteiger partial charge in [-0.1, -0.05) is 54.6 Å². The maximum absolute atomic E-state index is 13.2. The van der Waals surface area contributed by atoms with Crippen LogP contribution in [0.25, 0.3) is 11.1 Å². The topological polar surface area (TPSA) is 108 Å². The number of alkyl halides is 3. The molecule has 1 saturated heterocycles. The van der Waals surface area contributed by atoms with E-state index in [2.05, 4.69) is 51.3 Å². The second-order valence-corrected chi connectivity index (χ2v) is 12.3. The molecule has 0 unspecified atom stereocenters. The molecule has 1 aliphatic carbocycles. The fourth-order valence-corrected chi connectivity index (χ4v) is 6.60. The summed E-state index contributed by atoms with van der Waals surface area (Å²) in [6.45, 7) is 3.91. The van der Waals surface area contributed by atoms with Crippen molar-refractivity contribution >= 4 is 16.0 Å². The quantitative estimate of drug-likeness (QED) is 0.304. The summed E-state index contributed by atoms with van der Waals surface area (Å²) in [4.78, 5) is 11.4.